The molecule has 0 unspecified atom stereocenters. The zero-order valence-corrected chi connectivity index (χ0v) is 21.3. The second-order valence-corrected chi connectivity index (χ2v) is 8.47. The van der Waals surface area contributed by atoms with E-state index in [1.807, 2.05) is 12.4 Å². The molecule has 0 atom stereocenters. The summed E-state index contributed by atoms with van der Waals surface area (Å²) in [6.45, 7) is 4.15. The summed E-state index contributed by atoms with van der Waals surface area (Å²) in [6, 6.07) is 5.70. The van der Waals surface area contributed by atoms with E-state index in [0.717, 1.165) is 38.5 Å². The van der Waals surface area contributed by atoms with Gasteiger partial charge in [0.25, 0.3) is 0 Å². The van der Waals surface area contributed by atoms with Crippen LogP contribution in [0.4, 0.5) is 0 Å². The van der Waals surface area contributed by atoms with Crippen LogP contribution in [-0.4, -0.2) is 20.3 Å². The van der Waals surface area contributed by atoms with E-state index >= 15 is 0 Å². The number of amides is 1. The van der Waals surface area contributed by atoms with E-state index in [1.165, 1.54) is 24.6 Å². The number of esters is 1. The first kappa shape index (κ1) is 29.1. The minimum absolute atomic E-state index is 0. The molecule has 7 nitrogen and oxygen atoms in total. The van der Waals surface area contributed by atoms with Crippen molar-refractivity contribution < 1.29 is 56.6 Å². The Kier molecular flexibility index (Phi) is 16.2. The van der Waals surface area contributed by atoms with Crippen LogP contribution in [0.15, 0.2) is 29.2 Å². The number of unbranched alkanes of at least 4 members (excludes halogenated alkanes) is 7. The molecule has 9 heteroatoms. The predicted molar refractivity (Wildman–Crippen MR) is 111 cm³/mol. The number of hydroxylamine groups is 1. The zero-order chi connectivity index (χ0) is 21.5. The van der Waals surface area contributed by atoms with Gasteiger partial charge in [0.15, 0.2) is 5.75 Å². The average Bonchev–Trinajstić information content (AvgIpc) is 2.69. The van der Waals surface area contributed by atoms with Crippen LogP contribution in [0.3, 0.4) is 0 Å². The monoisotopic (exact) mass is 450 g/mol. The Morgan fingerprint density at radius 3 is 2.13 bits per heavy atom. The number of carbonyl (C=O) groups is 2. The summed E-state index contributed by atoms with van der Waals surface area (Å²) in [5, 5.41) is 0. The number of para-hydroxylation sites is 1. The number of hydrogen-bond acceptors (Lipinski definition) is 6. The molecule has 0 heterocycles. The molecule has 0 aliphatic rings. The fourth-order valence-corrected chi connectivity index (χ4v) is 3.59. The molecule has 1 rings (SSSR count). The van der Waals surface area contributed by atoms with Crippen molar-refractivity contribution in [1.29, 1.82) is 0 Å². The van der Waals surface area contributed by atoms with Crippen LogP contribution < -0.4 is 39.8 Å². The first-order chi connectivity index (χ1) is 13.9. The number of benzene rings is 1. The van der Waals surface area contributed by atoms with Crippen molar-refractivity contribution in [3.8, 4) is 5.75 Å². The largest absolute Gasteiger partial charge is 1.00 e. The van der Waals surface area contributed by atoms with Gasteiger partial charge < -0.3 is 4.74 Å². The molecule has 0 bridgehead atoms. The van der Waals surface area contributed by atoms with Crippen molar-refractivity contribution in [2.24, 2.45) is 0 Å². The van der Waals surface area contributed by atoms with Crippen molar-refractivity contribution in [2.45, 2.75) is 89.4 Å². The Morgan fingerprint density at radius 1 is 0.867 bits per heavy atom. The van der Waals surface area contributed by atoms with E-state index in [9.17, 15) is 18.0 Å². The van der Waals surface area contributed by atoms with Crippen LogP contribution in [0.25, 0.3) is 0 Å². The van der Waals surface area contributed by atoms with E-state index in [4.69, 9.17) is 4.74 Å². The van der Waals surface area contributed by atoms with Crippen LogP contribution in [0, 0.1) is 0 Å². The topological polar surface area (TPSA) is 98.8 Å². The molecule has 0 spiro atoms. The quantitative estimate of drug-likeness (QED) is 0.143. The first-order valence-corrected chi connectivity index (χ1v) is 11.8. The predicted octanol–water partition coefficient (Wildman–Crippen LogP) is 1.66. The number of rotatable bonds is 15. The first-order valence-electron chi connectivity index (χ1n) is 10.4. The van der Waals surface area contributed by atoms with Gasteiger partial charge in [0, 0.05) is 12.8 Å². The smallest absolute Gasteiger partial charge is 0.425 e. The molecule has 0 saturated carbocycles. The van der Waals surface area contributed by atoms with Gasteiger partial charge >= 0.3 is 45.6 Å². The summed E-state index contributed by atoms with van der Waals surface area (Å²) in [4.78, 5) is 23.4. The molecule has 1 amide bonds. The van der Waals surface area contributed by atoms with Gasteiger partial charge in [-0.25, -0.2) is 5.48 Å². The number of carbonyl (C=O) groups excluding carboxylic acids is 2. The van der Waals surface area contributed by atoms with Gasteiger partial charge in [-0.1, -0.05) is 70.9 Å². The molecule has 1 aromatic carbocycles. The summed E-state index contributed by atoms with van der Waals surface area (Å²) in [5.41, 5.74) is 1.98. The van der Waals surface area contributed by atoms with Crippen molar-refractivity contribution in [3.63, 3.8) is 0 Å². The van der Waals surface area contributed by atoms with Crippen molar-refractivity contribution in [1.82, 2.24) is 5.48 Å². The molecule has 1 N–H and O–H groups in total. The van der Waals surface area contributed by atoms with Gasteiger partial charge in [0.2, 0.25) is 5.91 Å². The van der Waals surface area contributed by atoms with Gasteiger partial charge in [-0.2, -0.15) is 8.42 Å². The van der Waals surface area contributed by atoms with Crippen LogP contribution in [0.2, 0.25) is 0 Å². The number of ether oxygens (including phenoxy) is 1. The number of hydrogen-bond donors (Lipinski definition) is 1. The van der Waals surface area contributed by atoms with Gasteiger partial charge in [0.05, 0.1) is 0 Å². The fraction of sp³-hybridized carbons (Fsp3) is 0.619. The Labute approximate surface area is 202 Å². The van der Waals surface area contributed by atoms with E-state index in [2.05, 4.69) is 11.2 Å². The standard InChI is InChI=1S/C21H33NO6S.Na/c1-3-5-7-8-9-11-16-20(23)22-28-29(25,26)19-15-13-12-14-18(19)27-21(24)17-10-6-4-2;/h12-15H,3-11,16-17H2,1-2H3,(H,22,23);/q;+1. The van der Waals surface area contributed by atoms with E-state index in [0.29, 0.717) is 12.8 Å². The maximum atomic E-state index is 12.4. The molecule has 164 valence electrons. The third kappa shape index (κ3) is 12.1. The van der Waals surface area contributed by atoms with E-state index in [-0.39, 0.29) is 53.0 Å². The summed E-state index contributed by atoms with van der Waals surface area (Å²) in [7, 11) is -4.31. The minimum Gasteiger partial charge on any atom is -0.425 e. The Hall–Kier alpha value is -0.930. The Morgan fingerprint density at radius 2 is 1.43 bits per heavy atom. The fourth-order valence-electron chi connectivity index (χ4n) is 2.70. The molecule has 0 radical (unpaired) electrons. The second-order valence-electron chi connectivity index (χ2n) is 6.96. The second kappa shape index (κ2) is 16.7. The van der Waals surface area contributed by atoms with Crippen LogP contribution in [-0.2, 0) is 24.0 Å². The Balaban J connectivity index is 0.00000841. The molecule has 0 fully saturated rings. The van der Waals surface area contributed by atoms with Crippen molar-refractivity contribution in [2.75, 3.05) is 0 Å². The third-order valence-corrected chi connectivity index (χ3v) is 5.53. The van der Waals surface area contributed by atoms with Crippen molar-refractivity contribution in [3.05, 3.63) is 24.3 Å². The molecule has 30 heavy (non-hydrogen) atoms. The SMILES string of the molecule is CCCCCCCCC(=O)NOS(=O)(=O)c1ccccc1OC(=O)CCCCC.[Na+]. The van der Waals surface area contributed by atoms with Gasteiger partial charge in [-0.3, -0.25) is 9.59 Å². The van der Waals surface area contributed by atoms with Gasteiger partial charge in [-0.15, -0.1) is 4.28 Å². The summed E-state index contributed by atoms with van der Waals surface area (Å²) in [6.07, 6.45) is 9.03. The molecule has 0 aliphatic carbocycles. The average molecular weight is 451 g/mol. The maximum absolute atomic E-state index is 12.4. The van der Waals surface area contributed by atoms with Crippen LogP contribution >= 0.6 is 0 Å². The number of nitrogens with one attached hydrogen (secondary N) is 1. The minimum atomic E-state index is -4.31. The molecule has 0 saturated heterocycles. The van der Waals surface area contributed by atoms with Gasteiger partial charge in [-0.05, 0) is 25.0 Å². The van der Waals surface area contributed by atoms with E-state index in [1.54, 1.807) is 6.07 Å². The Bertz CT molecular complexity index is 739. The summed E-state index contributed by atoms with van der Waals surface area (Å²) < 4.78 is 34.7. The van der Waals surface area contributed by atoms with Crippen LogP contribution in [0.5, 0.6) is 5.75 Å². The maximum Gasteiger partial charge on any atom is 1.00 e. The molecular formula is C21H33NNaO6S+. The van der Waals surface area contributed by atoms with Crippen LogP contribution in [0.1, 0.15) is 84.5 Å². The third-order valence-electron chi connectivity index (χ3n) is 4.35. The van der Waals surface area contributed by atoms with E-state index < -0.39 is 22.0 Å². The zero-order valence-electron chi connectivity index (χ0n) is 18.4. The van der Waals surface area contributed by atoms with Gasteiger partial charge in [0.1, 0.15) is 4.90 Å². The normalized spacial score (nSPS) is 10.9. The molecule has 0 aliphatic heterocycles. The molecule has 0 aromatic heterocycles. The summed E-state index contributed by atoms with van der Waals surface area (Å²) in [5.74, 6) is -1.12. The molecule has 1 aromatic rings. The molecular weight excluding hydrogens is 417 g/mol. The summed E-state index contributed by atoms with van der Waals surface area (Å²) >= 11 is 0. The van der Waals surface area contributed by atoms with Crippen molar-refractivity contribution >= 4 is 22.0 Å².